The molecule has 11 heteroatoms. The van der Waals surface area contributed by atoms with Crippen LogP contribution in [0.15, 0.2) is 18.2 Å². The van der Waals surface area contributed by atoms with Gasteiger partial charge < -0.3 is 24.8 Å². The van der Waals surface area contributed by atoms with Gasteiger partial charge in [-0.1, -0.05) is 17.7 Å². The standard InChI is InChI=1S/C21H24ClFN4O5/c1-26(2)32-9-8-30-20-16-19(31-11-12-10-24-6-7-27(12)21(16)29)17(22)18(25-20)15-13(23)4-3-5-14(15)28/h3-5,12,24,28H,6-11H2,1-2H3. The molecule has 1 aromatic heterocycles. The molecule has 2 aliphatic heterocycles. The number of carbonyl (C=O) groups is 1. The number of nitrogens with one attached hydrogen (secondary N) is 1. The number of pyridine rings is 1. The summed E-state index contributed by atoms with van der Waals surface area (Å²) >= 11 is 6.58. The summed E-state index contributed by atoms with van der Waals surface area (Å²) in [4.78, 5) is 24.8. The normalized spacial score (nSPS) is 18.1. The van der Waals surface area contributed by atoms with Gasteiger partial charge in [-0.2, -0.15) is 5.06 Å². The van der Waals surface area contributed by atoms with Crippen molar-refractivity contribution in [2.45, 2.75) is 6.04 Å². The van der Waals surface area contributed by atoms with Gasteiger partial charge in [0.05, 0.1) is 11.6 Å². The number of piperazine rings is 1. The molecule has 2 N–H and O–H groups in total. The molecule has 32 heavy (non-hydrogen) atoms. The molecule has 0 bridgehead atoms. The van der Waals surface area contributed by atoms with E-state index in [0.29, 0.717) is 19.6 Å². The first-order valence-corrected chi connectivity index (χ1v) is 10.5. The molecule has 1 aromatic carbocycles. The van der Waals surface area contributed by atoms with Crippen LogP contribution < -0.4 is 14.8 Å². The molecule has 1 fully saturated rings. The van der Waals surface area contributed by atoms with Crippen molar-refractivity contribution in [3.63, 3.8) is 0 Å². The van der Waals surface area contributed by atoms with Crippen molar-refractivity contribution in [2.75, 3.05) is 53.6 Å². The van der Waals surface area contributed by atoms with Crippen LogP contribution in [0.5, 0.6) is 17.4 Å². The molecule has 0 aliphatic carbocycles. The Labute approximate surface area is 189 Å². The lowest BCUT2D eigenvalue weighted by atomic mass is 10.1. The Morgan fingerprint density at radius 1 is 1.38 bits per heavy atom. The summed E-state index contributed by atoms with van der Waals surface area (Å²) in [5.74, 6) is -1.40. The maximum absolute atomic E-state index is 14.6. The minimum atomic E-state index is -0.720. The van der Waals surface area contributed by atoms with Crippen molar-refractivity contribution in [1.82, 2.24) is 20.3 Å². The molecule has 1 saturated heterocycles. The Kier molecular flexibility index (Phi) is 6.66. The highest BCUT2D eigenvalue weighted by molar-refractivity contribution is 6.35. The van der Waals surface area contributed by atoms with Crippen LogP contribution in [0.1, 0.15) is 10.4 Å². The zero-order valence-electron chi connectivity index (χ0n) is 17.7. The molecule has 0 saturated carbocycles. The Hall–Kier alpha value is -2.66. The van der Waals surface area contributed by atoms with Crippen LogP contribution in [0.2, 0.25) is 5.02 Å². The Morgan fingerprint density at radius 2 is 2.19 bits per heavy atom. The summed E-state index contributed by atoms with van der Waals surface area (Å²) < 4.78 is 26.4. The molecule has 0 spiro atoms. The number of nitrogens with zero attached hydrogens (tertiary/aromatic N) is 3. The fraction of sp³-hybridized carbons (Fsp3) is 0.429. The van der Waals surface area contributed by atoms with Gasteiger partial charge in [0, 0.05) is 33.7 Å². The van der Waals surface area contributed by atoms with Crippen molar-refractivity contribution >= 4 is 17.5 Å². The lowest BCUT2D eigenvalue weighted by Crippen LogP contribution is -2.54. The van der Waals surface area contributed by atoms with Crippen LogP contribution in [0.4, 0.5) is 4.39 Å². The summed E-state index contributed by atoms with van der Waals surface area (Å²) in [6.07, 6.45) is 0. The summed E-state index contributed by atoms with van der Waals surface area (Å²) in [6, 6.07) is 3.68. The molecular formula is C21H24ClFN4O5. The van der Waals surface area contributed by atoms with E-state index in [0.717, 1.165) is 0 Å². The van der Waals surface area contributed by atoms with Gasteiger partial charge >= 0.3 is 0 Å². The van der Waals surface area contributed by atoms with Gasteiger partial charge in [-0.3, -0.25) is 9.63 Å². The highest BCUT2D eigenvalue weighted by atomic mass is 35.5. The number of amides is 1. The number of rotatable bonds is 6. The van der Waals surface area contributed by atoms with Crippen molar-refractivity contribution in [1.29, 1.82) is 0 Å². The van der Waals surface area contributed by atoms with Crippen molar-refractivity contribution in [3.8, 4) is 28.6 Å². The summed E-state index contributed by atoms with van der Waals surface area (Å²) in [5, 5.41) is 15.0. The van der Waals surface area contributed by atoms with Gasteiger partial charge in [-0.05, 0) is 12.1 Å². The molecule has 4 rings (SSSR count). The monoisotopic (exact) mass is 466 g/mol. The van der Waals surface area contributed by atoms with E-state index in [-0.39, 0.29) is 71.0 Å². The van der Waals surface area contributed by atoms with E-state index in [2.05, 4.69) is 10.3 Å². The third-order valence-electron chi connectivity index (χ3n) is 5.21. The van der Waals surface area contributed by atoms with E-state index in [1.54, 1.807) is 19.0 Å². The molecule has 0 radical (unpaired) electrons. The Balaban J connectivity index is 1.82. The molecule has 1 unspecified atom stereocenters. The molecule has 3 heterocycles. The number of halogens is 2. The van der Waals surface area contributed by atoms with Gasteiger partial charge in [0.2, 0.25) is 5.88 Å². The van der Waals surface area contributed by atoms with E-state index in [1.165, 1.54) is 23.3 Å². The molecule has 9 nitrogen and oxygen atoms in total. The average Bonchev–Trinajstić information content (AvgIpc) is 2.91. The Bertz CT molecular complexity index is 1000. The summed E-state index contributed by atoms with van der Waals surface area (Å²) in [6.45, 7) is 2.16. The van der Waals surface area contributed by atoms with Crippen LogP contribution in [0.25, 0.3) is 11.3 Å². The van der Waals surface area contributed by atoms with Gasteiger partial charge in [-0.25, -0.2) is 9.37 Å². The van der Waals surface area contributed by atoms with Crippen LogP contribution in [0, 0.1) is 5.82 Å². The minimum Gasteiger partial charge on any atom is -0.507 e. The van der Waals surface area contributed by atoms with Crippen molar-refractivity contribution in [3.05, 3.63) is 34.6 Å². The minimum absolute atomic E-state index is 0.0576. The fourth-order valence-corrected chi connectivity index (χ4v) is 4.01. The number of hydrogen-bond donors (Lipinski definition) is 2. The quantitative estimate of drug-likeness (QED) is 0.492. The van der Waals surface area contributed by atoms with E-state index in [1.807, 2.05) is 0 Å². The molecule has 1 atom stereocenters. The van der Waals surface area contributed by atoms with Crippen LogP contribution in [0.3, 0.4) is 0 Å². The topological polar surface area (TPSA) is 96.4 Å². The maximum atomic E-state index is 14.6. The zero-order chi connectivity index (χ0) is 22.8. The first kappa shape index (κ1) is 22.5. The van der Waals surface area contributed by atoms with E-state index >= 15 is 0 Å². The van der Waals surface area contributed by atoms with Gasteiger partial charge in [0.1, 0.15) is 47.7 Å². The first-order chi connectivity index (χ1) is 15.4. The lowest BCUT2D eigenvalue weighted by Gasteiger charge is -2.33. The second-order valence-corrected chi connectivity index (χ2v) is 7.96. The smallest absolute Gasteiger partial charge is 0.263 e. The highest BCUT2D eigenvalue weighted by Gasteiger charge is 2.38. The lowest BCUT2D eigenvalue weighted by molar-refractivity contribution is -0.126. The van der Waals surface area contributed by atoms with Crippen LogP contribution in [-0.4, -0.2) is 85.6 Å². The maximum Gasteiger partial charge on any atom is 0.263 e. The van der Waals surface area contributed by atoms with E-state index < -0.39 is 5.82 Å². The van der Waals surface area contributed by atoms with E-state index in [4.69, 9.17) is 25.9 Å². The van der Waals surface area contributed by atoms with Gasteiger partial charge in [-0.15, -0.1) is 0 Å². The first-order valence-electron chi connectivity index (χ1n) is 10.2. The van der Waals surface area contributed by atoms with Crippen LogP contribution >= 0.6 is 11.6 Å². The summed E-state index contributed by atoms with van der Waals surface area (Å²) in [5.41, 5.74) is -0.200. The SMILES string of the molecule is CN(C)OCCOc1nc(-c2c(O)cccc2F)c(Cl)c2c1C(=O)N1CCNCC1CO2. The second kappa shape index (κ2) is 9.45. The summed E-state index contributed by atoms with van der Waals surface area (Å²) in [7, 11) is 3.46. The van der Waals surface area contributed by atoms with E-state index in [9.17, 15) is 14.3 Å². The molecular weight excluding hydrogens is 443 g/mol. The molecule has 2 aromatic rings. The average molecular weight is 467 g/mol. The number of aromatic nitrogens is 1. The zero-order valence-corrected chi connectivity index (χ0v) is 18.5. The molecule has 2 aliphatic rings. The largest absolute Gasteiger partial charge is 0.507 e. The number of fused-ring (bicyclic) bond motifs is 2. The number of benzene rings is 1. The third-order valence-corrected chi connectivity index (χ3v) is 5.56. The molecule has 1 amide bonds. The number of phenolic OH excluding ortho intramolecular Hbond substituents is 1. The Morgan fingerprint density at radius 3 is 2.94 bits per heavy atom. The number of ether oxygens (including phenoxy) is 2. The predicted molar refractivity (Wildman–Crippen MR) is 115 cm³/mol. The number of carbonyl (C=O) groups excluding carboxylic acids is 1. The van der Waals surface area contributed by atoms with Gasteiger partial charge in [0.25, 0.3) is 5.91 Å². The fourth-order valence-electron chi connectivity index (χ4n) is 3.72. The van der Waals surface area contributed by atoms with Crippen LogP contribution in [-0.2, 0) is 4.84 Å². The van der Waals surface area contributed by atoms with Crippen molar-refractivity contribution < 1.29 is 28.6 Å². The highest BCUT2D eigenvalue weighted by Crippen LogP contribution is 2.45. The number of aromatic hydroxyl groups is 1. The predicted octanol–water partition coefficient (Wildman–Crippen LogP) is 1.93. The number of hydroxylamine groups is 2. The van der Waals surface area contributed by atoms with Crippen molar-refractivity contribution in [2.24, 2.45) is 0 Å². The second-order valence-electron chi connectivity index (χ2n) is 7.58. The van der Waals surface area contributed by atoms with Gasteiger partial charge in [0.15, 0.2) is 5.75 Å². The molecule has 172 valence electrons. The number of hydrogen-bond acceptors (Lipinski definition) is 8. The third kappa shape index (κ3) is 4.31. The number of phenols is 1.